The van der Waals surface area contributed by atoms with E-state index in [1.807, 2.05) is 43.3 Å². The van der Waals surface area contributed by atoms with E-state index in [2.05, 4.69) is 41.0 Å². The second-order valence-corrected chi connectivity index (χ2v) is 9.62. The molecule has 2 aromatic carbocycles. The molecule has 1 saturated heterocycles. The molecule has 0 spiro atoms. The molecule has 3 aromatic rings. The Hall–Kier alpha value is -2.95. The minimum atomic E-state index is -0.117. The predicted octanol–water partition coefficient (Wildman–Crippen LogP) is 4.06. The van der Waals surface area contributed by atoms with E-state index in [1.54, 1.807) is 0 Å². The molecule has 36 heavy (non-hydrogen) atoms. The first-order chi connectivity index (χ1) is 17.5. The van der Waals surface area contributed by atoms with Crippen LogP contribution in [0.25, 0.3) is 10.9 Å². The molecule has 0 atom stereocenters. The van der Waals surface area contributed by atoms with E-state index in [0.717, 1.165) is 66.8 Å². The van der Waals surface area contributed by atoms with Crippen LogP contribution in [0.2, 0.25) is 0 Å². The molecule has 3 N–H and O–H groups in total. The lowest BCUT2D eigenvalue weighted by atomic mass is 10.2. The summed E-state index contributed by atoms with van der Waals surface area (Å²) in [6.45, 7) is 8.50. The summed E-state index contributed by atoms with van der Waals surface area (Å²) in [5, 5.41) is 4.17. The molecule has 1 aliphatic heterocycles. The van der Waals surface area contributed by atoms with Gasteiger partial charge in [-0.3, -0.25) is 4.79 Å². The highest BCUT2D eigenvalue weighted by atomic mass is 79.9. The van der Waals surface area contributed by atoms with Crippen LogP contribution in [0.15, 0.2) is 47.2 Å². The number of nitrogens with two attached hydrogens (primary N) is 1. The normalized spacial score (nSPS) is 14.6. The molecule has 9 nitrogen and oxygen atoms in total. The average Bonchev–Trinajstić information content (AvgIpc) is 2.87. The Balaban J connectivity index is 1.25. The summed E-state index contributed by atoms with van der Waals surface area (Å²) >= 11 is 3.49. The van der Waals surface area contributed by atoms with Gasteiger partial charge in [0, 0.05) is 60.9 Å². The molecule has 4 rings (SSSR count). The first-order valence-corrected chi connectivity index (χ1v) is 13.1. The summed E-state index contributed by atoms with van der Waals surface area (Å²) < 4.78 is 12.0. The maximum atomic E-state index is 11.5. The van der Waals surface area contributed by atoms with Crippen molar-refractivity contribution in [2.45, 2.75) is 19.8 Å². The van der Waals surface area contributed by atoms with E-state index < -0.39 is 0 Å². The van der Waals surface area contributed by atoms with Crippen molar-refractivity contribution in [2.75, 3.05) is 63.5 Å². The van der Waals surface area contributed by atoms with Gasteiger partial charge in [0.15, 0.2) is 0 Å². The molecule has 0 saturated carbocycles. The first-order valence-electron chi connectivity index (χ1n) is 12.3. The minimum Gasteiger partial charge on any atom is -0.491 e. The number of halogens is 1. The van der Waals surface area contributed by atoms with Crippen molar-refractivity contribution >= 4 is 50.0 Å². The third kappa shape index (κ3) is 7.28. The third-order valence-corrected chi connectivity index (χ3v) is 6.63. The fraction of sp³-hybridized carbons (Fsp3) is 0.423. The van der Waals surface area contributed by atoms with Crippen molar-refractivity contribution in [1.82, 2.24) is 19.8 Å². The number of rotatable bonds is 11. The maximum absolute atomic E-state index is 11.5. The Kier molecular flexibility index (Phi) is 9.32. The van der Waals surface area contributed by atoms with Crippen LogP contribution in [0.4, 0.5) is 17.2 Å². The van der Waals surface area contributed by atoms with E-state index in [9.17, 15) is 4.79 Å². The van der Waals surface area contributed by atoms with Gasteiger partial charge in [-0.1, -0.05) is 22.0 Å². The zero-order valence-corrected chi connectivity index (χ0v) is 22.2. The highest BCUT2D eigenvalue weighted by molar-refractivity contribution is 9.10. The number of hydrogen-bond donors (Lipinski definition) is 2. The summed E-state index contributed by atoms with van der Waals surface area (Å²) in [7, 11) is 0. The lowest BCUT2D eigenvalue weighted by molar-refractivity contribution is -0.143. The number of hydrogen-bond acceptors (Lipinski definition) is 9. The number of carbonyl (C=O) groups excluding carboxylic acids is 1. The molecule has 1 fully saturated rings. The second kappa shape index (κ2) is 12.8. The molecule has 0 radical (unpaired) electrons. The molecule has 10 heteroatoms. The Morgan fingerprint density at radius 2 is 1.89 bits per heavy atom. The molecule has 2 heterocycles. The van der Waals surface area contributed by atoms with Crippen molar-refractivity contribution in [3.63, 3.8) is 0 Å². The molecule has 0 unspecified atom stereocenters. The fourth-order valence-electron chi connectivity index (χ4n) is 4.22. The van der Waals surface area contributed by atoms with Crippen LogP contribution in [0.3, 0.4) is 0 Å². The topological polar surface area (TPSA) is 106 Å². The number of nitrogens with zero attached hydrogens (tertiary/aromatic N) is 4. The van der Waals surface area contributed by atoms with Gasteiger partial charge < -0.3 is 30.3 Å². The van der Waals surface area contributed by atoms with Gasteiger partial charge in [-0.15, -0.1) is 0 Å². The lowest BCUT2D eigenvalue weighted by Gasteiger charge is -2.34. The summed E-state index contributed by atoms with van der Waals surface area (Å²) in [4.78, 5) is 25.1. The SMILES string of the molecule is CCOC(=O)CCN1CCN(CCCOc2cc3ncnc(Nc4cccc(Br)c4)c3cc2N)CC1. The molecular formula is C26H33BrN6O3. The Morgan fingerprint density at radius 1 is 1.11 bits per heavy atom. The standard InChI is InChI=1S/C26H33BrN6O3/c1-2-35-25(34)7-9-33-12-10-32(11-13-33)8-4-14-36-24-17-23-21(16-22(24)28)26(30-18-29-23)31-20-6-3-5-19(27)15-20/h3,5-6,15-18H,2,4,7-14,28H2,1H3,(H,29,30,31). The minimum absolute atomic E-state index is 0.117. The Labute approximate surface area is 220 Å². The largest absolute Gasteiger partial charge is 0.491 e. The Bertz CT molecular complexity index is 1170. The molecule has 0 amide bonds. The lowest BCUT2D eigenvalue weighted by Crippen LogP contribution is -2.47. The van der Waals surface area contributed by atoms with Gasteiger partial charge in [0.25, 0.3) is 0 Å². The molecule has 1 aromatic heterocycles. The number of benzene rings is 2. The molecule has 0 bridgehead atoms. The monoisotopic (exact) mass is 556 g/mol. The zero-order chi connectivity index (χ0) is 25.3. The van der Waals surface area contributed by atoms with Crippen LogP contribution in [-0.4, -0.2) is 78.2 Å². The fourth-order valence-corrected chi connectivity index (χ4v) is 4.62. The summed E-state index contributed by atoms with van der Waals surface area (Å²) in [5.74, 6) is 1.21. The molecule has 192 valence electrons. The number of fused-ring (bicyclic) bond motifs is 1. The van der Waals surface area contributed by atoms with Gasteiger partial charge >= 0.3 is 5.97 Å². The van der Waals surface area contributed by atoms with E-state index in [-0.39, 0.29) is 5.97 Å². The summed E-state index contributed by atoms with van der Waals surface area (Å²) in [6, 6.07) is 11.6. The molecular weight excluding hydrogens is 524 g/mol. The van der Waals surface area contributed by atoms with Crippen LogP contribution in [0, 0.1) is 0 Å². The van der Waals surface area contributed by atoms with Crippen molar-refractivity contribution in [3.05, 3.63) is 47.2 Å². The summed E-state index contributed by atoms with van der Waals surface area (Å²) in [6.07, 6.45) is 2.90. The molecule has 0 aliphatic carbocycles. The zero-order valence-electron chi connectivity index (χ0n) is 20.6. The second-order valence-electron chi connectivity index (χ2n) is 8.71. The quantitative estimate of drug-likeness (QED) is 0.205. The highest BCUT2D eigenvalue weighted by Crippen LogP contribution is 2.31. The number of nitrogens with one attached hydrogen (secondary N) is 1. The average molecular weight is 557 g/mol. The van der Waals surface area contributed by atoms with Crippen molar-refractivity contribution in [1.29, 1.82) is 0 Å². The van der Waals surface area contributed by atoms with Gasteiger partial charge in [-0.05, 0) is 37.6 Å². The number of nitrogen functional groups attached to an aromatic ring is 1. The van der Waals surface area contributed by atoms with Crippen molar-refractivity contribution in [2.24, 2.45) is 0 Å². The predicted molar refractivity (Wildman–Crippen MR) is 146 cm³/mol. The van der Waals surface area contributed by atoms with E-state index >= 15 is 0 Å². The summed E-state index contributed by atoms with van der Waals surface area (Å²) in [5.41, 5.74) is 8.57. The number of ether oxygens (including phenoxy) is 2. The van der Waals surface area contributed by atoms with Crippen LogP contribution in [0.5, 0.6) is 5.75 Å². The van der Waals surface area contributed by atoms with Gasteiger partial charge in [0.2, 0.25) is 0 Å². The van der Waals surface area contributed by atoms with Crippen LogP contribution in [-0.2, 0) is 9.53 Å². The van der Waals surface area contributed by atoms with Crippen LogP contribution < -0.4 is 15.8 Å². The van der Waals surface area contributed by atoms with E-state index in [4.69, 9.17) is 15.2 Å². The third-order valence-electron chi connectivity index (χ3n) is 6.13. The van der Waals surface area contributed by atoms with Gasteiger partial charge in [0.05, 0.1) is 30.8 Å². The number of anilines is 3. The molecule has 1 aliphatic rings. The van der Waals surface area contributed by atoms with Gasteiger partial charge in [-0.25, -0.2) is 9.97 Å². The number of aromatic nitrogens is 2. The van der Waals surface area contributed by atoms with E-state index in [0.29, 0.717) is 36.9 Å². The smallest absolute Gasteiger partial charge is 0.307 e. The Morgan fingerprint density at radius 3 is 2.64 bits per heavy atom. The maximum Gasteiger partial charge on any atom is 0.307 e. The number of carbonyl (C=O) groups is 1. The van der Waals surface area contributed by atoms with Crippen molar-refractivity contribution < 1.29 is 14.3 Å². The van der Waals surface area contributed by atoms with Crippen LogP contribution in [0.1, 0.15) is 19.8 Å². The number of piperazine rings is 1. The highest BCUT2D eigenvalue weighted by Gasteiger charge is 2.17. The van der Waals surface area contributed by atoms with Crippen LogP contribution >= 0.6 is 15.9 Å². The van der Waals surface area contributed by atoms with Gasteiger partial charge in [-0.2, -0.15) is 0 Å². The van der Waals surface area contributed by atoms with E-state index in [1.165, 1.54) is 6.33 Å². The number of esters is 1. The van der Waals surface area contributed by atoms with Crippen molar-refractivity contribution in [3.8, 4) is 5.75 Å². The van der Waals surface area contributed by atoms with Gasteiger partial charge in [0.1, 0.15) is 17.9 Å². The first kappa shape index (κ1) is 26.1.